The van der Waals surface area contributed by atoms with Gasteiger partial charge >= 0.3 is 5.97 Å². The first-order chi connectivity index (χ1) is 11.1. The Morgan fingerprint density at radius 1 is 1.22 bits per heavy atom. The number of hydrogen-bond donors (Lipinski definition) is 0. The van der Waals surface area contributed by atoms with Crippen LogP contribution in [0.4, 0.5) is 0 Å². The van der Waals surface area contributed by atoms with E-state index >= 15 is 0 Å². The quantitative estimate of drug-likeness (QED) is 0.632. The predicted molar refractivity (Wildman–Crippen MR) is 89.8 cm³/mol. The molecule has 2 aromatic rings. The Morgan fingerprint density at radius 3 is 2.78 bits per heavy atom. The lowest BCUT2D eigenvalue weighted by Crippen LogP contribution is -2.05. The minimum atomic E-state index is -0.497. The molecule has 3 rings (SSSR count). The third-order valence-electron chi connectivity index (χ3n) is 3.37. The van der Waals surface area contributed by atoms with Crippen molar-refractivity contribution in [3.8, 4) is 5.75 Å². The Morgan fingerprint density at radius 2 is 2.04 bits per heavy atom. The number of halogens is 1. The molecule has 23 heavy (non-hydrogen) atoms. The average molecular weight is 328 g/mol. The van der Waals surface area contributed by atoms with Crippen LogP contribution < -0.4 is 4.74 Å². The number of cyclic esters (lactones) is 1. The second-order valence-electron chi connectivity index (χ2n) is 5.09. The van der Waals surface area contributed by atoms with Crippen molar-refractivity contribution >= 4 is 29.5 Å². The monoisotopic (exact) mass is 327 g/mol. The first kappa shape index (κ1) is 15.3. The molecule has 4 nitrogen and oxygen atoms in total. The fourth-order valence-electron chi connectivity index (χ4n) is 2.28. The molecule has 0 atom stereocenters. The summed E-state index contributed by atoms with van der Waals surface area (Å²) in [4.78, 5) is 16.3. The first-order valence-electron chi connectivity index (χ1n) is 7.00. The number of esters is 1. The second-order valence-corrected chi connectivity index (χ2v) is 5.53. The van der Waals surface area contributed by atoms with Crippen molar-refractivity contribution in [1.82, 2.24) is 0 Å². The van der Waals surface area contributed by atoms with Gasteiger partial charge in [-0.3, -0.25) is 0 Å². The maximum absolute atomic E-state index is 12.1. The van der Waals surface area contributed by atoms with E-state index in [-0.39, 0.29) is 5.70 Å². The molecule has 0 unspecified atom stereocenters. The van der Waals surface area contributed by atoms with Crippen molar-refractivity contribution in [2.75, 3.05) is 7.11 Å². The number of aliphatic imine (C=N–C) groups is 1. The Labute approximate surface area is 139 Å². The molecule has 1 heterocycles. The average Bonchev–Trinajstić information content (AvgIpc) is 2.89. The van der Waals surface area contributed by atoms with E-state index in [4.69, 9.17) is 21.1 Å². The highest BCUT2D eigenvalue weighted by Crippen LogP contribution is 2.27. The SMILES string of the molecule is COc1ccc(Cl)cc1/C=C1/N=C(c2cccc(C)c2)OC1=O. The zero-order chi connectivity index (χ0) is 16.4. The van der Waals surface area contributed by atoms with Crippen LogP contribution in [0.3, 0.4) is 0 Å². The van der Waals surface area contributed by atoms with E-state index in [0.717, 1.165) is 11.1 Å². The Hall–Kier alpha value is -2.59. The summed E-state index contributed by atoms with van der Waals surface area (Å²) in [6.07, 6.45) is 1.61. The summed E-state index contributed by atoms with van der Waals surface area (Å²) < 4.78 is 10.5. The summed E-state index contributed by atoms with van der Waals surface area (Å²) in [6, 6.07) is 12.8. The number of methoxy groups -OCH3 is 1. The number of hydrogen-bond acceptors (Lipinski definition) is 4. The molecule has 1 aliphatic rings. The molecule has 0 amide bonds. The van der Waals surface area contributed by atoms with Gasteiger partial charge in [-0.25, -0.2) is 9.79 Å². The molecule has 0 saturated carbocycles. The number of ether oxygens (including phenoxy) is 2. The summed E-state index contributed by atoms with van der Waals surface area (Å²) in [6.45, 7) is 1.97. The van der Waals surface area contributed by atoms with Crippen LogP contribution in [0.25, 0.3) is 6.08 Å². The van der Waals surface area contributed by atoms with Crippen molar-refractivity contribution in [1.29, 1.82) is 0 Å². The molecule has 5 heteroatoms. The zero-order valence-corrected chi connectivity index (χ0v) is 13.4. The molecule has 0 bridgehead atoms. The Balaban J connectivity index is 2.00. The molecule has 0 N–H and O–H groups in total. The molecule has 0 fully saturated rings. The molecule has 0 spiro atoms. The van der Waals surface area contributed by atoms with E-state index in [1.165, 1.54) is 0 Å². The number of benzene rings is 2. The number of carbonyl (C=O) groups is 1. The standard InChI is InChI=1S/C18H14ClNO3/c1-11-4-3-5-12(8-11)17-20-15(18(21)23-17)10-13-9-14(19)6-7-16(13)22-2/h3-10H,1-2H3/b15-10+. The maximum Gasteiger partial charge on any atom is 0.363 e. The number of aryl methyl sites for hydroxylation is 1. The highest BCUT2D eigenvalue weighted by atomic mass is 35.5. The first-order valence-corrected chi connectivity index (χ1v) is 7.38. The Kier molecular flexibility index (Phi) is 4.17. The van der Waals surface area contributed by atoms with Crippen LogP contribution in [0.5, 0.6) is 5.75 Å². The maximum atomic E-state index is 12.1. The van der Waals surface area contributed by atoms with Crippen molar-refractivity contribution in [2.24, 2.45) is 4.99 Å². The van der Waals surface area contributed by atoms with Crippen LogP contribution in [0, 0.1) is 6.92 Å². The smallest absolute Gasteiger partial charge is 0.363 e. The predicted octanol–water partition coefficient (Wildman–Crippen LogP) is 4.00. The lowest BCUT2D eigenvalue weighted by molar-refractivity contribution is -0.129. The van der Waals surface area contributed by atoms with E-state index in [2.05, 4.69) is 4.99 Å². The van der Waals surface area contributed by atoms with Crippen molar-refractivity contribution < 1.29 is 14.3 Å². The lowest BCUT2D eigenvalue weighted by Gasteiger charge is -2.04. The Bertz CT molecular complexity index is 840. The summed E-state index contributed by atoms with van der Waals surface area (Å²) in [5.74, 6) is 0.406. The van der Waals surface area contributed by atoms with Crippen LogP contribution in [-0.2, 0) is 9.53 Å². The summed E-state index contributed by atoms with van der Waals surface area (Å²) >= 11 is 6.00. The van der Waals surface area contributed by atoms with E-state index in [9.17, 15) is 4.79 Å². The van der Waals surface area contributed by atoms with Crippen LogP contribution >= 0.6 is 11.6 Å². The summed E-state index contributed by atoms with van der Waals surface area (Å²) in [7, 11) is 1.56. The topological polar surface area (TPSA) is 47.9 Å². The third kappa shape index (κ3) is 3.27. The van der Waals surface area contributed by atoms with Crippen molar-refractivity contribution in [2.45, 2.75) is 6.92 Å². The van der Waals surface area contributed by atoms with Crippen molar-refractivity contribution in [3.63, 3.8) is 0 Å². The van der Waals surface area contributed by atoms with Gasteiger partial charge in [-0.1, -0.05) is 29.3 Å². The van der Waals surface area contributed by atoms with Gasteiger partial charge < -0.3 is 9.47 Å². The number of nitrogens with zero attached hydrogens (tertiary/aromatic N) is 1. The van der Waals surface area contributed by atoms with Gasteiger partial charge in [0, 0.05) is 16.1 Å². The van der Waals surface area contributed by atoms with Crippen molar-refractivity contribution in [3.05, 3.63) is 69.9 Å². The van der Waals surface area contributed by atoms with Gasteiger partial charge in [-0.2, -0.15) is 0 Å². The largest absolute Gasteiger partial charge is 0.496 e. The van der Waals surface area contributed by atoms with Crippen LogP contribution in [0.2, 0.25) is 5.02 Å². The van der Waals surface area contributed by atoms with Gasteiger partial charge in [0.2, 0.25) is 5.90 Å². The molecule has 0 radical (unpaired) electrons. The second kappa shape index (κ2) is 6.26. The van der Waals surface area contributed by atoms with Gasteiger partial charge in [0.25, 0.3) is 0 Å². The van der Waals surface area contributed by atoms with Crippen LogP contribution in [0.15, 0.2) is 53.2 Å². The normalized spacial score (nSPS) is 15.5. The van der Waals surface area contributed by atoms with E-state index in [1.54, 1.807) is 31.4 Å². The molecule has 0 aromatic heterocycles. The molecular weight excluding hydrogens is 314 g/mol. The van der Waals surface area contributed by atoms with E-state index < -0.39 is 5.97 Å². The van der Waals surface area contributed by atoms with Crippen LogP contribution in [-0.4, -0.2) is 19.0 Å². The van der Waals surface area contributed by atoms with E-state index in [0.29, 0.717) is 22.2 Å². The van der Waals surface area contributed by atoms with Gasteiger partial charge in [-0.15, -0.1) is 0 Å². The van der Waals surface area contributed by atoms with E-state index in [1.807, 2.05) is 31.2 Å². The minimum absolute atomic E-state index is 0.210. The van der Waals surface area contributed by atoms with Gasteiger partial charge in [-0.05, 0) is 43.3 Å². The molecule has 1 aliphatic heterocycles. The fourth-order valence-corrected chi connectivity index (χ4v) is 2.46. The zero-order valence-electron chi connectivity index (χ0n) is 12.7. The highest BCUT2D eigenvalue weighted by molar-refractivity contribution is 6.30. The third-order valence-corrected chi connectivity index (χ3v) is 3.60. The molecule has 116 valence electrons. The molecular formula is C18H14ClNO3. The van der Waals surface area contributed by atoms with Gasteiger partial charge in [0.15, 0.2) is 5.70 Å². The summed E-state index contributed by atoms with van der Waals surface area (Å²) in [5, 5.41) is 0.548. The minimum Gasteiger partial charge on any atom is -0.496 e. The number of carbonyl (C=O) groups excluding carboxylic acids is 1. The lowest BCUT2D eigenvalue weighted by atomic mass is 10.1. The summed E-state index contributed by atoms with van der Waals surface area (Å²) in [5.41, 5.74) is 2.71. The fraction of sp³-hybridized carbons (Fsp3) is 0.111. The van der Waals surface area contributed by atoms with Crippen LogP contribution in [0.1, 0.15) is 16.7 Å². The molecule has 0 aliphatic carbocycles. The highest BCUT2D eigenvalue weighted by Gasteiger charge is 2.24. The molecule has 0 saturated heterocycles. The van der Waals surface area contributed by atoms with Gasteiger partial charge in [0.05, 0.1) is 7.11 Å². The number of rotatable bonds is 3. The van der Waals surface area contributed by atoms with Gasteiger partial charge in [0.1, 0.15) is 5.75 Å². The molecule has 2 aromatic carbocycles.